The van der Waals surface area contributed by atoms with Crippen LogP contribution >= 0.6 is 11.8 Å². The third-order valence-corrected chi connectivity index (χ3v) is 8.41. The van der Waals surface area contributed by atoms with Gasteiger partial charge in [-0.1, -0.05) is 91.9 Å². The Labute approximate surface area is 245 Å². The van der Waals surface area contributed by atoms with Crippen molar-refractivity contribution < 1.29 is 14.7 Å². The Bertz CT molecular complexity index is 1460. The van der Waals surface area contributed by atoms with E-state index in [9.17, 15) is 14.7 Å². The first kappa shape index (κ1) is 28.4. The van der Waals surface area contributed by atoms with Gasteiger partial charge in [0.25, 0.3) is 5.91 Å². The van der Waals surface area contributed by atoms with Gasteiger partial charge in [-0.25, -0.2) is 14.8 Å². The molecular formula is C33H34N4O3S. The van der Waals surface area contributed by atoms with Crippen molar-refractivity contribution in [1.29, 1.82) is 0 Å². The molecule has 1 atom stereocenters. The SMILES string of the molecule is CC1CCN(c2cc(C(=O)NC(CSCc3ccccc3)C(=O)O)nc(-c3ccc(-c4ccccc4)cc3)n2)CC1. The van der Waals surface area contributed by atoms with Crippen molar-refractivity contribution in [2.45, 2.75) is 31.6 Å². The molecule has 0 aliphatic carbocycles. The quantitative estimate of drug-likeness (QED) is 0.237. The topological polar surface area (TPSA) is 95.4 Å². The number of nitrogens with zero attached hydrogens (tertiary/aromatic N) is 3. The van der Waals surface area contributed by atoms with Crippen LogP contribution < -0.4 is 10.2 Å². The van der Waals surface area contributed by atoms with Crippen LogP contribution in [-0.2, 0) is 10.5 Å². The lowest BCUT2D eigenvalue weighted by Crippen LogP contribution is -2.43. The van der Waals surface area contributed by atoms with Gasteiger partial charge < -0.3 is 15.3 Å². The van der Waals surface area contributed by atoms with E-state index < -0.39 is 17.9 Å². The van der Waals surface area contributed by atoms with Crippen molar-refractivity contribution in [3.8, 4) is 22.5 Å². The van der Waals surface area contributed by atoms with E-state index in [2.05, 4.69) is 34.3 Å². The maximum absolute atomic E-state index is 13.4. The van der Waals surface area contributed by atoms with Gasteiger partial charge in [-0.2, -0.15) is 11.8 Å². The van der Waals surface area contributed by atoms with E-state index in [0.717, 1.165) is 48.2 Å². The number of hydrogen-bond acceptors (Lipinski definition) is 6. The molecule has 210 valence electrons. The summed E-state index contributed by atoms with van der Waals surface area (Å²) >= 11 is 1.47. The first-order valence-electron chi connectivity index (χ1n) is 13.9. The highest BCUT2D eigenvalue weighted by molar-refractivity contribution is 7.98. The van der Waals surface area contributed by atoms with Crippen molar-refractivity contribution in [3.05, 3.63) is 102 Å². The zero-order valence-corrected chi connectivity index (χ0v) is 23.9. The molecule has 0 bridgehead atoms. The summed E-state index contributed by atoms with van der Waals surface area (Å²) in [6.07, 6.45) is 2.10. The van der Waals surface area contributed by atoms with E-state index in [-0.39, 0.29) is 11.4 Å². The third-order valence-electron chi connectivity index (χ3n) is 7.30. The van der Waals surface area contributed by atoms with E-state index >= 15 is 0 Å². The predicted molar refractivity (Wildman–Crippen MR) is 165 cm³/mol. The Morgan fingerprint density at radius 1 is 0.902 bits per heavy atom. The van der Waals surface area contributed by atoms with E-state index in [4.69, 9.17) is 4.98 Å². The highest BCUT2D eigenvalue weighted by atomic mass is 32.2. The monoisotopic (exact) mass is 566 g/mol. The number of aromatic nitrogens is 2. The van der Waals surface area contributed by atoms with Crippen molar-refractivity contribution in [1.82, 2.24) is 15.3 Å². The molecule has 1 saturated heterocycles. The lowest BCUT2D eigenvalue weighted by molar-refractivity contribution is -0.138. The van der Waals surface area contributed by atoms with Crippen LogP contribution in [0.4, 0.5) is 5.82 Å². The van der Waals surface area contributed by atoms with Crippen LogP contribution in [0, 0.1) is 5.92 Å². The van der Waals surface area contributed by atoms with E-state index in [1.165, 1.54) is 11.8 Å². The fourth-order valence-electron chi connectivity index (χ4n) is 4.80. The molecule has 2 heterocycles. The average molecular weight is 567 g/mol. The molecule has 0 spiro atoms. The minimum absolute atomic E-state index is 0.162. The molecular weight excluding hydrogens is 532 g/mol. The second-order valence-electron chi connectivity index (χ2n) is 10.4. The summed E-state index contributed by atoms with van der Waals surface area (Å²) in [5, 5.41) is 12.5. The van der Waals surface area contributed by atoms with Crippen LogP contribution in [0.2, 0.25) is 0 Å². The number of amides is 1. The Balaban J connectivity index is 1.38. The van der Waals surface area contributed by atoms with Gasteiger partial charge in [-0.15, -0.1) is 0 Å². The molecule has 8 heteroatoms. The summed E-state index contributed by atoms with van der Waals surface area (Å²) in [5.41, 5.74) is 4.24. The van der Waals surface area contributed by atoms with E-state index in [0.29, 0.717) is 23.3 Å². The van der Waals surface area contributed by atoms with Crippen LogP contribution in [0.5, 0.6) is 0 Å². The minimum atomic E-state index is -1.07. The molecule has 1 aliphatic rings. The van der Waals surface area contributed by atoms with Crippen molar-refractivity contribution >= 4 is 29.5 Å². The maximum Gasteiger partial charge on any atom is 0.327 e. The summed E-state index contributed by atoms with van der Waals surface area (Å²) < 4.78 is 0. The Hall–Kier alpha value is -4.17. The summed E-state index contributed by atoms with van der Waals surface area (Å²) in [5.74, 6) is 1.08. The molecule has 1 fully saturated rings. The van der Waals surface area contributed by atoms with Crippen LogP contribution in [-0.4, -0.2) is 51.8 Å². The number of thioether (sulfide) groups is 1. The smallest absolute Gasteiger partial charge is 0.327 e. The molecule has 5 rings (SSSR count). The number of carboxylic acid groups (broad SMARTS) is 1. The number of anilines is 1. The first-order valence-corrected chi connectivity index (χ1v) is 15.1. The van der Waals surface area contributed by atoms with Gasteiger partial charge in [-0.3, -0.25) is 4.79 Å². The van der Waals surface area contributed by atoms with Gasteiger partial charge in [0.05, 0.1) is 0 Å². The summed E-state index contributed by atoms with van der Waals surface area (Å²) in [4.78, 5) is 37.1. The largest absolute Gasteiger partial charge is 0.480 e. The standard InChI is InChI=1S/C33H34N4O3S/c1-23-16-18-37(19-17-23)30-20-28(32(38)35-29(33(39)40)22-41-21-24-8-4-2-5-9-24)34-31(36-30)27-14-12-26(13-15-27)25-10-6-3-7-11-25/h2-15,20,23,29H,16-19,21-22H2,1H3,(H,35,38)(H,39,40). The number of piperidine rings is 1. The first-order chi connectivity index (χ1) is 20.0. The van der Waals surface area contributed by atoms with Gasteiger partial charge >= 0.3 is 5.97 Å². The zero-order chi connectivity index (χ0) is 28.6. The minimum Gasteiger partial charge on any atom is -0.480 e. The van der Waals surface area contributed by atoms with Gasteiger partial charge in [0.15, 0.2) is 5.82 Å². The van der Waals surface area contributed by atoms with E-state index in [1.54, 1.807) is 6.07 Å². The Morgan fingerprint density at radius 2 is 1.51 bits per heavy atom. The second kappa shape index (κ2) is 13.5. The van der Waals surface area contributed by atoms with Gasteiger partial charge in [0.1, 0.15) is 17.6 Å². The Kier molecular flexibility index (Phi) is 9.31. The predicted octanol–water partition coefficient (Wildman–Crippen LogP) is 6.16. The summed E-state index contributed by atoms with van der Waals surface area (Å²) in [6.45, 7) is 3.94. The van der Waals surface area contributed by atoms with Gasteiger partial charge in [0, 0.05) is 36.2 Å². The molecule has 41 heavy (non-hydrogen) atoms. The zero-order valence-electron chi connectivity index (χ0n) is 23.1. The molecule has 0 radical (unpaired) electrons. The molecule has 2 N–H and O–H groups in total. The van der Waals surface area contributed by atoms with Crippen LogP contribution in [0.15, 0.2) is 91.0 Å². The molecule has 7 nitrogen and oxygen atoms in total. The maximum atomic E-state index is 13.4. The molecule has 3 aromatic carbocycles. The molecule has 0 saturated carbocycles. The number of benzene rings is 3. The normalized spacial score (nSPS) is 14.4. The van der Waals surface area contributed by atoms with E-state index in [1.807, 2.05) is 72.8 Å². The van der Waals surface area contributed by atoms with Crippen molar-refractivity contribution in [2.24, 2.45) is 5.92 Å². The molecule has 1 aromatic heterocycles. The second-order valence-corrected chi connectivity index (χ2v) is 11.4. The third kappa shape index (κ3) is 7.52. The highest BCUT2D eigenvalue weighted by Crippen LogP contribution is 2.27. The lowest BCUT2D eigenvalue weighted by Gasteiger charge is -2.31. The number of rotatable bonds is 10. The van der Waals surface area contributed by atoms with Crippen molar-refractivity contribution in [3.63, 3.8) is 0 Å². The fourth-order valence-corrected chi connectivity index (χ4v) is 5.81. The van der Waals surface area contributed by atoms with Crippen LogP contribution in [0.25, 0.3) is 22.5 Å². The molecule has 1 aliphatic heterocycles. The molecule has 1 amide bonds. The average Bonchev–Trinajstić information content (AvgIpc) is 3.01. The van der Waals surface area contributed by atoms with Crippen molar-refractivity contribution in [2.75, 3.05) is 23.7 Å². The highest BCUT2D eigenvalue weighted by Gasteiger charge is 2.24. The Morgan fingerprint density at radius 3 is 2.17 bits per heavy atom. The lowest BCUT2D eigenvalue weighted by atomic mass is 9.99. The fraction of sp³-hybridized carbons (Fsp3) is 0.273. The number of nitrogens with one attached hydrogen (secondary N) is 1. The molecule has 1 unspecified atom stereocenters. The summed E-state index contributed by atoms with van der Waals surface area (Å²) in [6, 6.07) is 28.6. The number of carboxylic acids is 1. The number of carbonyl (C=O) groups excluding carboxylic acids is 1. The number of aliphatic carboxylic acids is 1. The van der Waals surface area contributed by atoms with Crippen LogP contribution in [0.3, 0.4) is 0 Å². The molecule has 4 aromatic rings. The van der Waals surface area contributed by atoms with Gasteiger partial charge in [-0.05, 0) is 35.4 Å². The number of hydrogen-bond donors (Lipinski definition) is 2. The number of carbonyl (C=O) groups is 2. The van der Waals surface area contributed by atoms with Crippen LogP contribution in [0.1, 0.15) is 35.8 Å². The summed E-state index contributed by atoms with van der Waals surface area (Å²) in [7, 11) is 0. The van der Waals surface area contributed by atoms with Gasteiger partial charge in [0.2, 0.25) is 0 Å².